The molecule has 0 aromatic heterocycles. The van der Waals surface area contributed by atoms with E-state index >= 15 is 0 Å². The largest absolute Gasteiger partial charge is 0.399 e. The average molecular weight is 293 g/mol. The lowest BCUT2D eigenvalue weighted by Crippen LogP contribution is -2.13. The quantitative estimate of drug-likeness (QED) is 0.600. The molecule has 4 nitrogen and oxygen atoms in total. The topological polar surface area (TPSA) is 64.3 Å². The van der Waals surface area contributed by atoms with Crippen LogP contribution in [0.25, 0.3) is 0 Å². The van der Waals surface area contributed by atoms with E-state index in [4.69, 9.17) is 17.3 Å². The highest BCUT2D eigenvalue weighted by Gasteiger charge is 2.07. The minimum Gasteiger partial charge on any atom is -0.399 e. The molecule has 7 heteroatoms. The Morgan fingerprint density at radius 3 is 2.84 bits per heavy atom. The fourth-order valence-electron chi connectivity index (χ4n) is 1.35. The third-order valence-corrected chi connectivity index (χ3v) is 2.52. The van der Waals surface area contributed by atoms with Crippen LogP contribution in [0.5, 0.6) is 0 Å². The van der Waals surface area contributed by atoms with E-state index in [-0.39, 0.29) is 18.9 Å². The Morgan fingerprint density at radius 2 is 2.21 bits per heavy atom. The normalized spacial score (nSPS) is 10.7. The molecule has 0 bridgehead atoms. The molecule has 1 aromatic rings. The predicted octanol–water partition coefficient (Wildman–Crippen LogP) is 2.92. The van der Waals surface area contributed by atoms with Gasteiger partial charge in [0.25, 0.3) is 6.43 Å². The van der Waals surface area contributed by atoms with Gasteiger partial charge in [0.2, 0.25) is 5.91 Å². The number of rotatable bonds is 7. The molecular weight excluding hydrogens is 278 g/mol. The van der Waals surface area contributed by atoms with E-state index in [9.17, 15) is 13.6 Å². The van der Waals surface area contributed by atoms with Gasteiger partial charge in [-0.1, -0.05) is 11.6 Å². The standard InChI is InChI=1S/C12H15ClF2N2O2/c13-9-6-8(16)3-4-10(9)17-12(18)2-1-5-19-7-11(14)15/h3-4,6,11H,1-2,5,7,16H2,(H,17,18). The van der Waals surface area contributed by atoms with Crippen molar-refractivity contribution < 1.29 is 18.3 Å². The first-order chi connectivity index (χ1) is 8.99. The monoisotopic (exact) mass is 292 g/mol. The van der Waals surface area contributed by atoms with Crippen LogP contribution in [0.2, 0.25) is 5.02 Å². The number of anilines is 2. The summed E-state index contributed by atoms with van der Waals surface area (Å²) in [6.07, 6.45) is -1.95. The molecule has 0 aliphatic heterocycles. The van der Waals surface area contributed by atoms with E-state index in [1.807, 2.05) is 0 Å². The zero-order valence-electron chi connectivity index (χ0n) is 10.2. The van der Waals surface area contributed by atoms with Crippen LogP contribution in [0.1, 0.15) is 12.8 Å². The highest BCUT2D eigenvalue weighted by Crippen LogP contribution is 2.24. The molecule has 0 fully saturated rings. The van der Waals surface area contributed by atoms with Crippen molar-refractivity contribution in [3.05, 3.63) is 23.2 Å². The third-order valence-electron chi connectivity index (χ3n) is 2.20. The maximum absolute atomic E-state index is 11.8. The van der Waals surface area contributed by atoms with Crippen molar-refractivity contribution >= 4 is 28.9 Å². The summed E-state index contributed by atoms with van der Waals surface area (Å²) in [5.74, 6) is -0.257. The van der Waals surface area contributed by atoms with Crippen LogP contribution in [-0.4, -0.2) is 25.5 Å². The van der Waals surface area contributed by atoms with Crippen LogP contribution in [-0.2, 0) is 9.53 Å². The summed E-state index contributed by atoms with van der Waals surface area (Å²) in [6, 6.07) is 4.75. The number of ether oxygens (including phenoxy) is 1. The number of alkyl halides is 2. The molecular formula is C12H15ClF2N2O2. The molecule has 1 amide bonds. The van der Waals surface area contributed by atoms with Crippen molar-refractivity contribution in [3.63, 3.8) is 0 Å². The zero-order valence-corrected chi connectivity index (χ0v) is 10.9. The van der Waals surface area contributed by atoms with Crippen molar-refractivity contribution in [2.45, 2.75) is 19.3 Å². The lowest BCUT2D eigenvalue weighted by molar-refractivity contribution is -0.116. The summed E-state index contributed by atoms with van der Waals surface area (Å²) < 4.78 is 28.2. The first kappa shape index (κ1) is 15.7. The number of nitrogens with one attached hydrogen (secondary N) is 1. The van der Waals surface area contributed by atoms with E-state index in [0.29, 0.717) is 22.8 Å². The maximum Gasteiger partial charge on any atom is 0.261 e. The number of amides is 1. The van der Waals surface area contributed by atoms with Gasteiger partial charge in [0.1, 0.15) is 6.61 Å². The van der Waals surface area contributed by atoms with Crippen molar-refractivity contribution in [2.24, 2.45) is 0 Å². The second-order valence-corrected chi connectivity index (χ2v) is 4.26. The summed E-state index contributed by atoms with van der Waals surface area (Å²) in [5.41, 5.74) is 6.49. The Bertz CT molecular complexity index is 430. The summed E-state index contributed by atoms with van der Waals surface area (Å²) >= 11 is 5.89. The van der Waals surface area contributed by atoms with Gasteiger partial charge in [-0.25, -0.2) is 8.78 Å². The van der Waals surface area contributed by atoms with E-state index in [2.05, 4.69) is 10.1 Å². The van der Waals surface area contributed by atoms with E-state index < -0.39 is 13.0 Å². The molecule has 3 N–H and O–H groups in total. The molecule has 19 heavy (non-hydrogen) atoms. The smallest absolute Gasteiger partial charge is 0.261 e. The molecule has 0 saturated heterocycles. The second kappa shape index (κ2) is 7.91. The molecule has 0 aliphatic rings. The Hall–Kier alpha value is -1.40. The average Bonchev–Trinajstić information content (AvgIpc) is 2.32. The molecule has 1 rings (SSSR count). The summed E-state index contributed by atoms with van der Waals surface area (Å²) in [6.45, 7) is -0.487. The number of benzene rings is 1. The zero-order chi connectivity index (χ0) is 14.3. The summed E-state index contributed by atoms with van der Waals surface area (Å²) in [4.78, 5) is 11.5. The Balaban J connectivity index is 2.27. The van der Waals surface area contributed by atoms with E-state index in [0.717, 1.165) is 0 Å². The summed E-state index contributed by atoms with van der Waals surface area (Å²) in [7, 11) is 0. The molecule has 0 spiro atoms. The molecule has 0 radical (unpaired) electrons. The van der Waals surface area contributed by atoms with Gasteiger partial charge in [-0.2, -0.15) is 0 Å². The van der Waals surface area contributed by atoms with E-state index in [1.165, 1.54) is 6.07 Å². The maximum atomic E-state index is 11.8. The first-order valence-electron chi connectivity index (χ1n) is 5.70. The van der Waals surface area contributed by atoms with Crippen LogP contribution in [0.15, 0.2) is 18.2 Å². The van der Waals surface area contributed by atoms with Crippen LogP contribution >= 0.6 is 11.6 Å². The highest BCUT2D eigenvalue weighted by molar-refractivity contribution is 6.34. The van der Waals surface area contributed by atoms with Crippen LogP contribution in [0.4, 0.5) is 20.2 Å². The third kappa shape index (κ3) is 6.35. The van der Waals surface area contributed by atoms with Crippen molar-refractivity contribution in [1.29, 1.82) is 0 Å². The Labute approximate surface area is 114 Å². The fourth-order valence-corrected chi connectivity index (χ4v) is 1.59. The lowest BCUT2D eigenvalue weighted by Gasteiger charge is -2.08. The number of nitrogen functional groups attached to an aromatic ring is 1. The van der Waals surface area contributed by atoms with Crippen LogP contribution < -0.4 is 11.1 Å². The molecule has 0 atom stereocenters. The molecule has 0 unspecified atom stereocenters. The number of hydrogen-bond acceptors (Lipinski definition) is 3. The SMILES string of the molecule is Nc1ccc(NC(=O)CCCOCC(F)F)c(Cl)c1. The minimum atomic E-state index is -2.48. The Morgan fingerprint density at radius 1 is 1.47 bits per heavy atom. The summed E-state index contributed by atoms with van der Waals surface area (Å²) in [5, 5.41) is 2.96. The van der Waals surface area contributed by atoms with Crippen LogP contribution in [0.3, 0.4) is 0 Å². The number of hydrogen-bond donors (Lipinski definition) is 2. The highest BCUT2D eigenvalue weighted by atomic mass is 35.5. The van der Waals surface area contributed by atoms with Gasteiger partial charge >= 0.3 is 0 Å². The van der Waals surface area contributed by atoms with E-state index in [1.54, 1.807) is 12.1 Å². The van der Waals surface area contributed by atoms with Gasteiger partial charge in [0, 0.05) is 18.7 Å². The minimum absolute atomic E-state index is 0.118. The molecule has 1 aromatic carbocycles. The lowest BCUT2D eigenvalue weighted by atomic mass is 10.2. The Kier molecular flexibility index (Phi) is 6.52. The number of carbonyl (C=O) groups is 1. The van der Waals surface area contributed by atoms with Gasteiger partial charge in [0.15, 0.2) is 0 Å². The second-order valence-electron chi connectivity index (χ2n) is 3.86. The van der Waals surface area contributed by atoms with Crippen molar-refractivity contribution in [1.82, 2.24) is 0 Å². The molecule has 0 saturated carbocycles. The van der Waals surface area contributed by atoms with Crippen molar-refractivity contribution in [3.8, 4) is 0 Å². The van der Waals surface area contributed by atoms with Gasteiger partial charge in [-0.15, -0.1) is 0 Å². The molecule has 106 valence electrons. The number of nitrogens with two attached hydrogens (primary N) is 1. The van der Waals surface area contributed by atoms with Crippen LogP contribution in [0, 0.1) is 0 Å². The number of halogens is 3. The van der Waals surface area contributed by atoms with Gasteiger partial charge in [0.05, 0.1) is 10.7 Å². The molecule has 0 heterocycles. The van der Waals surface area contributed by atoms with Gasteiger partial charge < -0.3 is 15.8 Å². The number of carbonyl (C=O) groups excluding carboxylic acids is 1. The predicted molar refractivity (Wildman–Crippen MR) is 70.6 cm³/mol. The first-order valence-corrected chi connectivity index (χ1v) is 6.07. The van der Waals surface area contributed by atoms with Crippen molar-refractivity contribution in [2.75, 3.05) is 24.3 Å². The fraction of sp³-hybridized carbons (Fsp3) is 0.417. The van der Waals surface area contributed by atoms with Gasteiger partial charge in [-0.05, 0) is 24.6 Å². The van der Waals surface area contributed by atoms with Gasteiger partial charge in [-0.3, -0.25) is 4.79 Å². The molecule has 0 aliphatic carbocycles.